The summed E-state index contributed by atoms with van der Waals surface area (Å²) in [5, 5.41) is 15.0. The van der Waals surface area contributed by atoms with Crippen molar-refractivity contribution in [3.63, 3.8) is 0 Å². The van der Waals surface area contributed by atoms with E-state index in [9.17, 15) is 9.90 Å². The van der Waals surface area contributed by atoms with Crippen LogP contribution < -0.4 is 15.4 Å². The summed E-state index contributed by atoms with van der Waals surface area (Å²) >= 11 is 0. The second-order valence-electron chi connectivity index (χ2n) is 4.95. The number of carbonyl (C=O) groups excluding carboxylic acids is 1. The highest BCUT2D eigenvalue weighted by molar-refractivity contribution is 5.89. The lowest BCUT2D eigenvalue weighted by molar-refractivity contribution is 0.199. The van der Waals surface area contributed by atoms with E-state index in [-0.39, 0.29) is 6.03 Å². The maximum atomic E-state index is 11.8. The van der Waals surface area contributed by atoms with Gasteiger partial charge in [-0.25, -0.2) is 4.79 Å². The van der Waals surface area contributed by atoms with Crippen LogP contribution in [-0.2, 0) is 6.54 Å². The molecule has 0 aliphatic rings. The minimum absolute atomic E-state index is 0.273. The summed E-state index contributed by atoms with van der Waals surface area (Å²) in [6, 6.07) is 14.3. The normalized spacial score (nSPS) is 11.6. The van der Waals surface area contributed by atoms with Crippen molar-refractivity contribution in [1.82, 2.24) is 5.32 Å². The molecule has 22 heavy (non-hydrogen) atoms. The van der Waals surface area contributed by atoms with E-state index in [1.54, 1.807) is 38.3 Å². The number of urea groups is 1. The van der Waals surface area contributed by atoms with Gasteiger partial charge in [0.1, 0.15) is 5.75 Å². The fourth-order valence-electron chi connectivity index (χ4n) is 1.95. The molecule has 0 heterocycles. The van der Waals surface area contributed by atoms with Crippen LogP contribution >= 0.6 is 0 Å². The van der Waals surface area contributed by atoms with Gasteiger partial charge in [0.05, 0.1) is 13.2 Å². The molecule has 3 N–H and O–H groups in total. The number of anilines is 1. The van der Waals surface area contributed by atoms with Crippen LogP contribution in [0.4, 0.5) is 10.5 Å². The van der Waals surface area contributed by atoms with E-state index in [0.717, 1.165) is 16.9 Å². The van der Waals surface area contributed by atoms with E-state index < -0.39 is 6.10 Å². The Morgan fingerprint density at radius 2 is 1.77 bits per heavy atom. The Kier molecular flexibility index (Phi) is 5.38. The average Bonchev–Trinajstić information content (AvgIpc) is 2.54. The van der Waals surface area contributed by atoms with Crippen LogP contribution in [0.3, 0.4) is 0 Å². The van der Waals surface area contributed by atoms with Gasteiger partial charge in [-0.05, 0) is 42.3 Å². The Morgan fingerprint density at radius 3 is 2.32 bits per heavy atom. The number of aliphatic hydroxyl groups is 1. The monoisotopic (exact) mass is 300 g/mol. The van der Waals surface area contributed by atoms with E-state index in [0.29, 0.717) is 12.2 Å². The van der Waals surface area contributed by atoms with Crippen molar-refractivity contribution in [2.45, 2.75) is 19.6 Å². The molecule has 5 heteroatoms. The Hall–Kier alpha value is -2.53. The fraction of sp³-hybridized carbons (Fsp3) is 0.235. The number of carbonyl (C=O) groups is 1. The number of nitrogens with one attached hydrogen (secondary N) is 2. The van der Waals surface area contributed by atoms with Crippen LogP contribution in [0.25, 0.3) is 0 Å². The van der Waals surface area contributed by atoms with Gasteiger partial charge < -0.3 is 20.5 Å². The topological polar surface area (TPSA) is 70.6 Å². The molecule has 2 aromatic rings. The molecule has 0 aliphatic carbocycles. The predicted molar refractivity (Wildman–Crippen MR) is 85.9 cm³/mol. The van der Waals surface area contributed by atoms with Crippen LogP contribution in [0.2, 0.25) is 0 Å². The second-order valence-corrected chi connectivity index (χ2v) is 4.95. The Balaban J connectivity index is 1.84. The van der Waals surface area contributed by atoms with Gasteiger partial charge in [0.25, 0.3) is 0 Å². The minimum Gasteiger partial charge on any atom is -0.497 e. The number of methoxy groups -OCH3 is 1. The van der Waals surface area contributed by atoms with Crippen molar-refractivity contribution >= 4 is 11.7 Å². The van der Waals surface area contributed by atoms with Crippen LogP contribution in [0, 0.1) is 0 Å². The van der Waals surface area contributed by atoms with Crippen molar-refractivity contribution in [3.8, 4) is 5.75 Å². The van der Waals surface area contributed by atoms with E-state index in [2.05, 4.69) is 10.6 Å². The van der Waals surface area contributed by atoms with Gasteiger partial charge >= 0.3 is 6.03 Å². The Morgan fingerprint density at radius 1 is 1.14 bits per heavy atom. The van der Waals surface area contributed by atoms with Gasteiger partial charge in [-0.2, -0.15) is 0 Å². The maximum Gasteiger partial charge on any atom is 0.319 e. The minimum atomic E-state index is -0.486. The number of ether oxygens (including phenoxy) is 1. The molecule has 0 saturated carbocycles. The van der Waals surface area contributed by atoms with E-state index >= 15 is 0 Å². The van der Waals surface area contributed by atoms with Gasteiger partial charge in [-0.15, -0.1) is 0 Å². The van der Waals surface area contributed by atoms with Gasteiger partial charge in [0.15, 0.2) is 0 Å². The highest BCUT2D eigenvalue weighted by Crippen LogP contribution is 2.15. The summed E-state index contributed by atoms with van der Waals surface area (Å²) < 4.78 is 5.06. The van der Waals surface area contributed by atoms with Crippen molar-refractivity contribution in [3.05, 3.63) is 59.7 Å². The molecule has 0 fully saturated rings. The third-order valence-corrected chi connectivity index (χ3v) is 3.26. The molecule has 0 radical (unpaired) electrons. The molecule has 0 spiro atoms. The molecular weight excluding hydrogens is 280 g/mol. The Labute approximate surface area is 129 Å². The lowest BCUT2D eigenvalue weighted by Crippen LogP contribution is -2.28. The first-order chi connectivity index (χ1) is 10.6. The van der Waals surface area contributed by atoms with Crippen LogP contribution in [0.15, 0.2) is 48.5 Å². The summed E-state index contributed by atoms with van der Waals surface area (Å²) in [5.74, 6) is 0.740. The number of hydrogen-bond donors (Lipinski definition) is 3. The number of aliphatic hydroxyl groups excluding tert-OH is 1. The van der Waals surface area contributed by atoms with Crippen molar-refractivity contribution < 1.29 is 14.6 Å². The predicted octanol–water partition coefficient (Wildman–Crippen LogP) is 3.07. The smallest absolute Gasteiger partial charge is 0.319 e. The number of rotatable bonds is 5. The van der Waals surface area contributed by atoms with Crippen molar-refractivity contribution in [2.75, 3.05) is 12.4 Å². The zero-order valence-corrected chi connectivity index (χ0v) is 12.7. The van der Waals surface area contributed by atoms with Gasteiger partial charge in [0, 0.05) is 12.2 Å². The van der Waals surface area contributed by atoms with Crippen molar-refractivity contribution in [2.24, 2.45) is 0 Å². The number of amides is 2. The second kappa shape index (κ2) is 7.47. The maximum absolute atomic E-state index is 11.8. The summed E-state index contributed by atoms with van der Waals surface area (Å²) in [6.45, 7) is 2.14. The third kappa shape index (κ3) is 4.49. The molecule has 1 atom stereocenters. The molecule has 2 aromatic carbocycles. The molecule has 1 unspecified atom stereocenters. The van der Waals surface area contributed by atoms with Gasteiger partial charge in [-0.1, -0.05) is 24.3 Å². The largest absolute Gasteiger partial charge is 0.497 e. The molecular formula is C17H20N2O3. The van der Waals surface area contributed by atoms with Crippen LogP contribution in [0.1, 0.15) is 24.2 Å². The van der Waals surface area contributed by atoms with Crippen LogP contribution in [-0.4, -0.2) is 18.2 Å². The lowest BCUT2D eigenvalue weighted by Gasteiger charge is -2.09. The standard InChI is InChI=1S/C17H20N2O3/c1-12(20)14-5-3-13(4-6-14)11-18-17(21)19-15-7-9-16(22-2)10-8-15/h3-10,12,20H,11H2,1-2H3,(H2,18,19,21). The molecule has 5 nitrogen and oxygen atoms in total. The zero-order chi connectivity index (χ0) is 15.9. The first kappa shape index (κ1) is 15.9. The molecule has 2 rings (SSSR count). The molecule has 0 saturated heterocycles. The number of hydrogen-bond acceptors (Lipinski definition) is 3. The first-order valence-corrected chi connectivity index (χ1v) is 7.04. The average molecular weight is 300 g/mol. The SMILES string of the molecule is COc1ccc(NC(=O)NCc2ccc(C(C)O)cc2)cc1. The lowest BCUT2D eigenvalue weighted by atomic mass is 10.1. The molecule has 116 valence electrons. The molecule has 2 amide bonds. The quantitative estimate of drug-likeness (QED) is 0.794. The van der Waals surface area contributed by atoms with Crippen LogP contribution in [0.5, 0.6) is 5.75 Å². The summed E-state index contributed by atoms with van der Waals surface area (Å²) in [5.41, 5.74) is 2.52. The molecule has 0 aromatic heterocycles. The molecule has 0 bridgehead atoms. The highest BCUT2D eigenvalue weighted by Gasteiger charge is 2.03. The fourth-order valence-corrected chi connectivity index (χ4v) is 1.95. The third-order valence-electron chi connectivity index (χ3n) is 3.26. The number of benzene rings is 2. The summed E-state index contributed by atoms with van der Waals surface area (Å²) in [7, 11) is 1.60. The zero-order valence-electron chi connectivity index (χ0n) is 12.7. The van der Waals surface area contributed by atoms with Gasteiger partial charge in [0.2, 0.25) is 0 Å². The highest BCUT2D eigenvalue weighted by atomic mass is 16.5. The van der Waals surface area contributed by atoms with E-state index in [1.807, 2.05) is 24.3 Å². The van der Waals surface area contributed by atoms with E-state index in [1.165, 1.54) is 0 Å². The summed E-state index contributed by atoms with van der Waals surface area (Å²) in [6.07, 6.45) is -0.486. The first-order valence-electron chi connectivity index (χ1n) is 7.04. The Bertz CT molecular complexity index is 607. The van der Waals surface area contributed by atoms with Crippen molar-refractivity contribution in [1.29, 1.82) is 0 Å². The molecule has 0 aliphatic heterocycles. The van der Waals surface area contributed by atoms with Gasteiger partial charge in [-0.3, -0.25) is 0 Å². The van der Waals surface area contributed by atoms with E-state index in [4.69, 9.17) is 4.74 Å². The summed E-state index contributed by atoms with van der Waals surface area (Å²) in [4.78, 5) is 11.8.